The lowest BCUT2D eigenvalue weighted by atomic mass is 9.65. The largest absolute Gasteiger partial charge is 0.462 e. The van der Waals surface area contributed by atoms with Gasteiger partial charge in [-0.25, -0.2) is 0 Å². The van der Waals surface area contributed by atoms with E-state index in [2.05, 4.69) is 25.2 Å². The van der Waals surface area contributed by atoms with E-state index >= 15 is 0 Å². The van der Waals surface area contributed by atoms with E-state index in [4.69, 9.17) is 13.7 Å². The van der Waals surface area contributed by atoms with Crippen LogP contribution in [0.4, 0.5) is 0 Å². The Hall–Kier alpha value is -2.49. The molecule has 2 aliphatic carbocycles. The fourth-order valence-electron chi connectivity index (χ4n) is 6.02. The number of rotatable bonds is 10. The summed E-state index contributed by atoms with van der Waals surface area (Å²) in [6.07, 6.45) is 7.63. The van der Waals surface area contributed by atoms with Crippen LogP contribution in [-0.4, -0.2) is 50.4 Å². The lowest BCUT2D eigenvalue weighted by Gasteiger charge is -2.44. The first-order valence-electron chi connectivity index (χ1n) is 14.7. The monoisotopic (exact) mass is 588 g/mol. The molecule has 0 radical (unpaired) electrons. The smallest absolute Gasteiger partial charge is 0.311 e. The molecule has 3 aliphatic rings. The van der Waals surface area contributed by atoms with Crippen molar-refractivity contribution in [2.24, 2.45) is 29.1 Å². The van der Waals surface area contributed by atoms with Gasteiger partial charge < -0.3 is 14.6 Å². The van der Waals surface area contributed by atoms with Gasteiger partial charge in [-0.3, -0.25) is 13.8 Å². The molecule has 0 aromatic heterocycles. The molecule has 9 heteroatoms. The van der Waals surface area contributed by atoms with Gasteiger partial charge in [0, 0.05) is 18.3 Å². The minimum atomic E-state index is -3.94. The van der Waals surface area contributed by atoms with Crippen molar-refractivity contribution < 1.29 is 36.8 Å². The molecule has 0 spiro atoms. The normalized spacial score (nSPS) is 30.2. The van der Waals surface area contributed by atoms with Crippen molar-refractivity contribution >= 4 is 22.1 Å². The molecule has 0 saturated carbocycles. The summed E-state index contributed by atoms with van der Waals surface area (Å²) in [5, 5.41) is 10.1. The second-order valence-electron chi connectivity index (χ2n) is 12.6. The molecule has 1 aromatic rings. The minimum Gasteiger partial charge on any atom is -0.462 e. The van der Waals surface area contributed by atoms with E-state index in [-0.39, 0.29) is 59.6 Å². The van der Waals surface area contributed by atoms with E-state index in [1.807, 2.05) is 27.7 Å². The van der Waals surface area contributed by atoms with Crippen molar-refractivity contribution in [1.29, 1.82) is 0 Å². The van der Waals surface area contributed by atoms with Gasteiger partial charge in [-0.05, 0) is 76.0 Å². The standard InChI is InChI=1S/C32H44O8S/c1-6-32(4,5)31(35)40-28-16-22(19-38-41(36,37)26-12-7-20(2)8-13-26)15-23-10-9-21(3)27(30(23)28)14-11-25-17-24(33)18-29(34)39-25/h7-10,12-13,15,21-22,24-25,27-28,30,33H,6,11,14,16-19H2,1-5H3/t21-,22+,24+,25+,27-,28-,30-/m0/s1. The Morgan fingerprint density at radius 3 is 2.51 bits per heavy atom. The molecule has 226 valence electrons. The molecule has 0 amide bonds. The fraction of sp³-hybridized carbons (Fsp3) is 0.625. The molecule has 1 aromatic carbocycles. The van der Waals surface area contributed by atoms with E-state index in [0.717, 1.165) is 17.6 Å². The molecule has 8 nitrogen and oxygen atoms in total. The van der Waals surface area contributed by atoms with Crippen LogP contribution in [0.3, 0.4) is 0 Å². The van der Waals surface area contributed by atoms with E-state index in [1.165, 1.54) is 12.1 Å². The molecule has 1 saturated heterocycles. The van der Waals surface area contributed by atoms with Crippen molar-refractivity contribution in [3.8, 4) is 0 Å². The summed E-state index contributed by atoms with van der Waals surface area (Å²) in [4.78, 5) is 25.3. The maximum Gasteiger partial charge on any atom is 0.311 e. The number of cyclic esters (lactones) is 1. The summed E-state index contributed by atoms with van der Waals surface area (Å²) in [6.45, 7) is 9.66. The predicted molar refractivity (Wildman–Crippen MR) is 154 cm³/mol. The summed E-state index contributed by atoms with van der Waals surface area (Å²) in [5.74, 6) is -0.691. The van der Waals surface area contributed by atoms with E-state index in [9.17, 15) is 23.1 Å². The third-order valence-electron chi connectivity index (χ3n) is 8.98. The van der Waals surface area contributed by atoms with Gasteiger partial charge in [0.1, 0.15) is 12.2 Å². The van der Waals surface area contributed by atoms with E-state index in [1.54, 1.807) is 12.1 Å². The van der Waals surface area contributed by atoms with Crippen LogP contribution >= 0.6 is 0 Å². The summed E-state index contributed by atoms with van der Waals surface area (Å²) < 4.78 is 43.0. The first kappa shape index (κ1) is 31.4. The number of allylic oxidation sites excluding steroid dienone is 2. The fourth-order valence-corrected chi connectivity index (χ4v) is 6.98. The van der Waals surface area contributed by atoms with Crippen LogP contribution in [0.1, 0.15) is 71.8 Å². The highest BCUT2D eigenvalue weighted by Gasteiger charge is 2.44. The molecule has 0 bridgehead atoms. The molecular weight excluding hydrogens is 544 g/mol. The van der Waals surface area contributed by atoms with Gasteiger partial charge in [0.2, 0.25) is 0 Å². The minimum absolute atomic E-state index is 0.0307. The molecule has 1 fully saturated rings. The Balaban J connectivity index is 1.55. The SMILES string of the molecule is CCC(C)(C)C(=O)O[C@H]1C[C@H](COS(=O)(=O)c2ccc(C)cc2)C=C2C=C[C@H](C)[C@H](CC[C@@H]3C[C@@H](O)CC(=O)O3)[C@H]21. The van der Waals surface area contributed by atoms with Crippen molar-refractivity contribution in [2.45, 2.75) is 96.4 Å². The predicted octanol–water partition coefficient (Wildman–Crippen LogP) is 5.28. The van der Waals surface area contributed by atoms with Crippen LogP contribution in [0, 0.1) is 36.0 Å². The van der Waals surface area contributed by atoms with Gasteiger partial charge in [0.25, 0.3) is 10.1 Å². The van der Waals surface area contributed by atoms with Gasteiger partial charge >= 0.3 is 11.9 Å². The number of hydrogen-bond acceptors (Lipinski definition) is 8. The number of carbonyl (C=O) groups excluding carboxylic acids is 2. The average molecular weight is 589 g/mol. The van der Waals surface area contributed by atoms with Crippen LogP contribution in [0.5, 0.6) is 0 Å². The highest BCUT2D eigenvalue weighted by Crippen LogP contribution is 2.46. The number of aliphatic hydroxyl groups is 1. The third kappa shape index (κ3) is 7.67. The maximum absolute atomic E-state index is 13.3. The molecular formula is C32H44O8S. The Kier molecular flexibility index (Phi) is 9.81. The highest BCUT2D eigenvalue weighted by molar-refractivity contribution is 7.86. The summed E-state index contributed by atoms with van der Waals surface area (Å²) in [6, 6.07) is 6.54. The van der Waals surface area contributed by atoms with Crippen LogP contribution < -0.4 is 0 Å². The molecule has 7 atom stereocenters. The zero-order valence-corrected chi connectivity index (χ0v) is 25.6. The number of aliphatic hydroxyl groups excluding tert-OH is 1. The third-order valence-corrected chi connectivity index (χ3v) is 10.3. The Morgan fingerprint density at radius 2 is 1.85 bits per heavy atom. The molecule has 41 heavy (non-hydrogen) atoms. The first-order valence-corrected chi connectivity index (χ1v) is 16.1. The topological polar surface area (TPSA) is 116 Å². The van der Waals surface area contributed by atoms with Crippen LogP contribution in [0.2, 0.25) is 0 Å². The number of hydrogen-bond donors (Lipinski definition) is 1. The summed E-state index contributed by atoms with van der Waals surface area (Å²) in [5.41, 5.74) is 1.31. The van der Waals surface area contributed by atoms with Gasteiger partial charge in [-0.15, -0.1) is 0 Å². The molecule has 0 unspecified atom stereocenters. The lowest BCUT2D eigenvalue weighted by Crippen LogP contribution is -2.44. The van der Waals surface area contributed by atoms with Crippen molar-refractivity contribution in [3.63, 3.8) is 0 Å². The first-order chi connectivity index (χ1) is 19.3. The number of benzene rings is 1. The number of fused-ring (bicyclic) bond motifs is 1. The van der Waals surface area contributed by atoms with E-state index < -0.39 is 27.7 Å². The Bertz CT molecular complexity index is 1260. The molecule has 1 N–H and O–H groups in total. The van der Waals surface area contributed by atoms with Gasteiger partial charge in [0.15, 0.2) is 0 Å². The highest BCUT2D eigenvalue weighted by atomic mass is 32.2. The van der Waals surface area contributed by atoms with Crippen LogP contribution in [0.25, 0.3) is 0 Å². The average Bonchev–Trinajstić information content (AvgIpc) is 2.91. The number of carbonyl (C=O) groups is 2. The number of aryl methyl sites for hydroxylation is 1. The maximum atomic E-state index is 13.3. The quantitative estimate of drug-likeness (QED) is 0.290. The summed E-state index contributed by atoms with van der Waals surface area (Å²) in [7, 11) is -3.94. The van der Waals surface area contributed by atoms with E-state index in [0.29, 0.717) is 25.7 Å². The van der Waals surface area contributed by atoms with Crippen molar-refractivity contribution in [1.82, 2.24) is 0 Å². The van der Waals surface area contributed by atoms with Gasteiger partial charge in [-0.2, -0.15) is 8.42 Å². The second kappa shape index (κ2) is 12.8. The zero-order chi connectivity index (χ0) is 29.9. The number of ether oxygens (including phenoxy) is 2. The van der Waals surface area contributed by atoms with Crippen molar-refractivity contribution in [2.75, 3.05) is 6.61 Å². The van der Waals surface area contributed by atoms with Gasteiger partial charge in [0.05, 0.1) is 29.4 Å². The molecule has 1 heterocycles. The zero-order valence-electron chi connectivity index (χ0n) is 24.7. The second-order valence-corrected chi connectivity index (χ2v) is 14.2. The molecule has 1 aliphatic heterocycles. The number of esters is 2. The Labute approximate surface area is 244 Å². The lowest BCUT2D eigenvalue weighted by molar-refractivity contribution is -0.166. The van der Waals surface area contributed by atoms with Gasteiger partial charge in [-0.1, -0.05) is 49.8 Å². The summed E-state index contributed by atoms with van der Waals surface area (Å²) >= 11 is 0. The Morgan fingerprint density at radius 1 is 1.15 bits per heavy atom. The van der Waals surface area contributed by atoms with Crippen molar-refractivity contribution in [3.05, 3.63) is 53.6 Å². The van der Waals surface area contributed by atoms with Crippen LogP contribution in [0.15, 0.2) is 53.0 Å². The molecule has 4 rings (SSSR count). The van der Waals surface area contributed by atoms with Crippen LogP contribution in [-0.2, 0) is 33.4 Å².